The largest absolute Gasteiger partial charge is 0.369 e. The molecule has 0 bridgehead atoms. The summed E-state index contributed by atoms with van der Waals surface area (Å²) in [5, 5.41) is 11.8. The van der Waals surface area contributed by atoms with Crippen LogP contribution in [0.2, 0.25) is 0 Å². The Bertz CT molecular complexity index is 390. The molecule has 4 heteroatoms. The predicted molar refractivity (Wildman–Crippen MR) is 63.6 cm³/mol. The van der Waals surface area contributed by atoms with Crippen molar-refractivity contribution in [1.82, 2.24) is 4.98 Å². The van der Waals surface area contributed by atoms with E-state index in [1.807, 2.05) is 0 Å². The third kappa shape index (κ3) is 4.39. The molecule has 0 saturated heterocycles. The van der Waals surface area contributed by atoms with Crippen molar-refractivity contribution in [3.63, 3.8) is 0 Å². The van der Waals surface area contributed by atoms with E-state index < -0.39 is 0 Å². The first-order valence-electron chi connectivity index (χ1n) is 4.48. The summed E-state index contributed by atoms with van der Waals surface area (Å²) in [6.07, 6.45) is 6.74. The standard InChI is InChI=1S/C11H11N3S/c1-2-6-15-7-5-14-11-8-10(9-12)3-4-13-11/h1,3-4,8H,5-7H2,(H,13,14). The highest BCUT2D eigenvalue weighted by atomic mass is 32.2. The van der Waals surface area contributed by atoms with Crippen molar-refractivity contribution in [3.05, 3.63) is 23.9 Å². The van der Waals surface area contributed by atoms with Gasteiger partial charge in [-0.3, -0.25) is 0 Å². The maximum Gasteiger partial charge on any atom is 0.127 e. The number of aromatic nitrogens is 1. The first-order chi connectivity index (χ1) is 7.36. The molecule has 0 atom stereocenters. The molecule has 76 valence electrons. The van der Waals surface area contributed by atoms with Crippen LogP contribution in [0.3, 0.4) is 0 Å². The molecular formula is C11H11N3S. The van der Waals surface area contributed by atoms with E-state index in [4.69, 9.17) is 11.7 Å². The molecule has 15 heavy (non-hydrogen) atoms. The average molecular weight is 217 g/mol. The quantitative estimate of drug-likeness (QED) is 0.603. The van der Waals surface area contributed by atoms with E-state index in [0.717, 1.165) is 23.9 Å². The van der Waals surface area contributed by atoms with Gasteiger partial charge in [-0.1, -0.05) is 5.92 Å². The lowest BCUT2D eigenvalue weighted by Gasteiger charge is -2.03. The Morgan fingerprint density at radius 3 is 3.20 bits per heavy atom. The smallest absolute Gasteiger partial charge is 0.127 e. The molecule has 0 fully saturated rings. The number of pyridine rings is 1. The molecule has 0 aromatic carbocycles. The van der Waals surface area contributed by atoms with Crippen LogP contribution in [-0.4, -0.2) is 23.0 Å². The van der Waals surface area contributed by atoms with Gasteiger partial charge in [-0.2, -0.15) is 5.26 Å². The van der Waals surface area contributed by atoms with E-state index in [1.54, 1.807) is 30.1 Å². The summed E-state index contributed by atoms with van der Waals surface area (Å²) in [7, 11) is 0. The van der Waals surface area contributed by atoms with E-state index in [9.17, 15) is 0 Å². The van der Waals surface area contributed by atoms with Crippen LogP contribution in [0.4, 0.5) is 5.82 Å². The summed E-state index contributed by atoms with van der Waals surface area (Å²) < 4.78 is 0. The van der Waals surface area contributed by atoms with Crippen LogP contribution in [0.1, 0.15) is 5.56 Å². The molecule has 1 heterocycles. The number of nitrogens with one attached hydrogen (secondary N) is 1. The Kier molecular flexibility index (Phi) is 5.14. The molecule has 0 amide bonds. The number of hydrogen-bond acceptors (Lipinski definition) is 4. The van der Waals surface area contributed by atoms with Crippen molar-refractivity contribution in [3.8, 4) is 18.4 Å². The fraction of sp³-hybridized carbons (Fsp3) is 0.273. The molecule has 3 nitrogen and oxygen atoms in total. The number of thioether (sulfide) groups is 1. The van der Waals surface area contributed by atoms with Gasteiger partial charge >= 0.3 is 0 Å². The van der Waals surface area contributed by atoms with Gasteiger partial charge in [0.15, 0.2) is 0 Å². The van der Waals surface area contributed by atoms with Crippen molar-refractivity contribution < 1.29 is 0 Å². The summed E-state index contributed by atoms with van der Waals surface area (Å²) in [5.41, 5.74) is 0.615. The maximum atomic E-state index is 8.67. The summed E-state index contributed by atoms with van der Waals surface area (Å²) >= 11 is 1.69. The summed E-state index contributed by atoms with van der Waals surface area (Å²) in [5.74, 6) is 4.96. The molecule has 1 aromatic rings. The van der Waals surface area contributed by atoms with Gasteiger partial charge in [0.2, 0.25) is 0 Å². The van der Waals surface area contributed by atoms with Gasteiger partial charge in [-0.05, 0) is 12.1 Å². The molecule has 0 unspecified atom stereocenters. The van der Waals surface area contributed by atoms with Crippen LogP contribution >= 0.6 is 11.8 Å². The molecule has 0 saturated carbocycles. The minimum absolute atomic E-state index is 0.615. The summed E-state index contributed by atoms with van der Waals surface area (Å²) in [6, 6.07) is 5.47. The zero-order chi connectivity index (χ0) is 10.9. The van der Waals surface area contributed by atoms with Gasteiger partial charge in [0.05, 0.1) is 17.4 Å². The first-order valence-corrected chi connectivity index (χ1v) is 5.63. The predicted octanol–water partition coefficient (Wildman–Crippen LogP) is 1.73. The number of hydrogen-bond donors (Lipinski definition) is 1. The van der Waals surface area contributed by atoms with Gasteiger partial charge in [0.25, 0.3) is 0 Å². The Balaban J connectivity index is 2.32. The molecule has 0 aliphatic carbocycles. The second-order valence-electron chi connectivity index (χ2n) is 2.73. The number of rotatable bonds is 5. The van der Waals surface area contributed by atoms with Crippen LogP contribution in [0, 0.1) is 23.7 Å². The zero-order valence-corrected chi connectivity index (χ0v) is 9.05. The highest BCUT2D eigenvalue weighted by molar-refractivity contribution is 7.99. The van der Waals surface area contributed by atoms with Gasteiger partial charge in [0, 0.05) is 18.5 Å². The third-order valence-corrected chi connectivity index (χ3v) is 2.49. The SMILES string of the molecule is C#CCSCCNc1cc(C#N)ccn1. The van der Waals surface area contributed by atoms with Crippen molar-refractivity contribution in [2.24, 2.45) is 0 Å². The highest BCUT2D eigenvalue weighted by Gasteiger charge is 1.95. The lowest BCUT2D eigenvalue weighted by atomic mass is 10.3. The van der Waals surface area contributed by atoms with Gasteiger partial charge in [-0.15, -0.1) is 18.2 Å². The van der Waals surface area contributed by atoms with Gasteiger partial charge in [0.1, 0.15) is 5.82 Å². The molecule has 1 rings (SSSR count). The van der Waals surface area contributed by atoms with Crippen LogP contribution in [0.25, 0.3) is 0 Å². The lowest BCUT2D eigenvalue weighted by molar-refractivity contribution is 1.17. The Labute approximate surface area is 93.9 Å². The van der Waals surface area contributed by atoms with Crippen molar-refractivity contribution >= 4 is 17.6 Å². The van der Waals surface area contributed by atoms with Gasteiger partial charge in [-0.25, -0.2) is 4.98 Å². The molecule has 1 aromatic heterocycles. The van der Waals surface area contributed by atoms with Gasteiger partial charge < -0.3 is 5.32 Å². The zero-order valence-electron chi connectivity index (χ0n) is 8.23. The fourth-order valence-corrected chi connectivity index (χ4v) is 1.49. The topological polar surface area (TPSA) is 48.7 Å². The third-order valence-electron chi connectivity index (χ3n) is 1.63. The van der Waals surface area contributed by atoms with Crippen molar-refractivity contribution in [2.75, 3.05) is 23.4 Å². The Hall–Kier alpha value is -1.65. The van der Waals surface area contributed by atoms with E-state index in [2.05, 4.69) is 22.3 Å². The minimum Gasteiger partial charge on any atom is -0.369 e. The maximum absolute atomic E-state index is 8.67. The molecule has 1 N–H and O–H groups in total. The fourth-order valence-electron chi connectivity index (χ4n) is 0.979. The Morgan fingerprint density at radius 2 is 2.47 bits per heavy atom. The van der Waals surface area contributed by atoms with Crippen LogP contribution < -0.4 is 5.32 Å². The number of nitrogens with zero attached hydrogens (tertiary/aromatic N) is 2. The average Bonchev–Trinajstić information content (AvgIpc) is 2.29. The van der Waals surface area contributed by atoms with Crippen LogP contribution in [0.5, 0.6) is 0 Å². The lowest BCUT2D eigenvalue weighted by Crippen LogP contribution is -2.05. The van der Waals surface area contributed by atoms with Crippen LogP contribution in [0.15, 0.2) is 18.3 Å². The van der Waals surface area contributed by atoms with E-state index >= 15 is 0 Å². The van der Waals surface area contributed by atoms with Crippen molar-refractivity contribution in [1.29, 1.82) is 5.26 Å². The molecule has 0 aliphatic rings. The monoisotopic (exact) mass is 217 g/mol. The Morgan fingerprint density at radius 1 is 1.60 bits per heavy atom. The number of nitriles is 1. The second kappa shape index (κ2) is 6.75. The second-order valence-corrected chi connectivity index (χ2v) is 3.83. The molecular weight excluding hydrogens is 206 g/mol. The molecule has 0 radical (unpaired) electrons. The van der Waals surface area contributed by atoms with Crippen molar-refractivity contribution in [2.45, 2.75) is 0 Å². The normalized spacial score (nSPS) is 8.93. The number of anilines is 1. The molecule has 0 aliphatic heterocycles. The van der Waals surface area contributed by atoms with E-state index in [-0.39, 0.29) is 0 Å². The minimum atomic E-state index is 0.615. The van der Waals surface area contributed by atoms with E-state index in [0.29, 0.717) is 5.56 Å². The highest BCUT2D eigenvalue weighted by Crippen LogP contribution is 2.06. The molecule has 0 spiro atoms. The van der Waals surface area contributed by atoms with Crippen LogP contribution in [-0.2, 0) is 0 Å². The first kappa shape index (κ1) is 11.4. The number of terminal acetylenes is 1. The van der Waals surface area contributed by atoms with E-state index in [1.165, 1.54) is 0 Å². The summed E-state index contributed by atoms with van der Waals surface area (Å²) in [4.78, 5) is 4.09. The summed E-state index contributed by atoms with van der Waals surface area (Å²) in [6.45, 7) is 0.800.